The molecule has 0 unspecified atom stereocenters. The minimum Gasteiger partial charge on any atom is -0.493 e. The van der Waals surface area contributed by atoms with E-state index in [2.05, 4.69) is 20.8 Å². The second-order valence-corrected chi connectivity index (χ2v) is 7.06. The molecule has 2 aromatic rings. The van der Waals surface area contributed by atoms with E-state index >= 15 is 0 Å². The molecule has 1 saturated carbocycles. The standard InChI is InChI=1S/C20H30N6O2.HI/c1-14-24-25-19(26(14)2)13-22-20(23-16-7-5-6-8-16)21-12-15-9-10-17(27-3)18(11-15)28-4;/h9-11,16H,5-8,12-13H2,1-4H3,(H2,21,22,23);1H. The number of nitrogens with one attached hydrogen (secondary N) is 2. The number of guanidine groups is 1. The van der Waals surface area contributed by atoms with Gasteiger partial charge in [0.1, 0.15) is 5.82 Å². The van der Waals surface area contributed by atoms with Crippen LogP contribution in [0.3, 0.4) is 0 Å². The zero-order valence-corrected chi connectivity index (χ0v) is 19.9. The summed E-state index contributed by atoms with van der Waals surface area (Å²) >= 11 is 0. The first-order chi connectivity index (χ1) is 13.6. The lowest BCUT2D eigenvalue weighted by Crippen LogP contribution is -2.42. The Morgan fingerprint density at radius 1 is 1.17 bits per heavy atom. The quantitative estimate of drug-likeness (QED) is 0.336. The second-order valence-electron chi connectivity index (χ2n) is 7.06. The Hall–Kier alpha value is -2.04. The maximum Gasteiger partial charge on any atom is 0.192 e. The summed E-state index contributed by atoms with van der Waals surface area (Å²) in [5.74, 6) is 3.99. The van der Waals surface area contributed by atoms with Crippen LogP contribution in [0.1, 0.15) is 42.9 Å². The molecule has 1 fully saturated rings. The van der Waals surface area contributed by atoms with E-state index in [1.54, 1.807) is 14.2 Å². The Morgan fingerprint density at radius 2 is 1.90 bits per heavy atom. The summed E-state index contributed by atoms with van der Waals surface area (Å²) in [6, 6.07) is 6.34. The van der Waals surface area contributed by atoms with Crippen LogP contribution < -0.4 is 20.1 Å². The fourth-order valence-corrected chi connectivity index (χ4v) is 3.33. The van der Waals surface area contributed by atoms with Crippen molar-refractivity contribution < 1.29 is 9.47 Å². The highest BCUT2D eigenvalue weighted by Gasteiger charge is 2.16. The first-order valence-electron chi connectivity index (χ1n) is 9.71. The summed E-state index contributed by atoms with van der Waals surface area (Å²) in [6.45, 7) is 3.06. The SMILES string of the molecule is COc1ccc(CN=C(NCc2nnc(C)n2C)NC2CCCC2)cc1OC.I. The largest absolute Gasteiger partial charge is 0.493 e. The molecule has 1 aromatic carbocycles. The lowest BCUT2D eigenvalue weighted by molar-refractivity contribution is 0.354. The number of methoxy groups -OCH3 is 2. The predicted octanol–water partition coefficient (Wildman–Crippen LogP) is 2.94. The van der Waals surface area contributed by atoms with Crippen LogP contribution in [0.15, 0.2) is 23.2 Å². The van der Waals surface area contributed by atoms with Crippen LogP contribution >= 0.6 is 24.0 Å². The highest BCUT2D eigenvalue weighted by Crippen LogP contribution is 2.27. The number of nitrogens with zero attached hydrogens (tertiary/aromatic N) is 4. The van der Waals surface area contributed by atoms with Crippen molar-refractivity contribution in [2.75, 3.05) is 14.2 Å². The molecule has 0 radical (unpaired) electrons. The van der Waals surface area contributed by atoms with E-state index in [9.17, 15) is 0 Å². The summed E-state index contributed by atoms with van der Waals surface area (Å²) in [6.07, 6.45) is 4.90. The molecule has 8 nitrogen and oxygen atoms in total. The van der Waals surface area contributed by atoms with Gasteiger partial charge < -0.3 is 24.7 Å². The van der Waals surface area contributed by atoms with Crippen LogP contribution in [-0.4, -0.2) is 41.0 Å². The van der Waals surface area contributed by atoms with Crippen molar-refractivity contribution in [3.8, 4) is 11.5 Å². The number of ether oxygens (including phenoxy) is 2. The van der Waals surface area contributed by atoms with Gasteiger partial charge in [0.2, 0.25) is 0 Å². The zero-order valence-electron chi connectivity index (χ0n) is 17.6. The van der Waals surface area contributed by atoms with E-state index in [0.717, 1.165) is 28.9 Å². The number of aromatic nitrogens is 3. The lowest BCUT2D eigenvalue weighted by atomic mass is 10.2. The number of hydrogen-bond acceptors (Lipinski definition) is 5. The maximum atomic E-state index is 5.39. The Labute approximate surface area is 189 Å². The summed E-state index contributed by atoms with van der Waals surface area (Å²) in [5.41, 5.74) is 1.06. The minimum atomic E-state index is 0. The zero-order chi connectivity index (χ0) is 19.9. The summed E-state index contributed by atoms with van der Waals surface area (Å²) < 4.78 is 12.7. The van der Waals surface area contributed by atoms with E-state index < -0.39 is 0 Å². The molecule has 0 bridgehead atoms. The molecule has 2 N–H and O–H groups in total. The predicted molar refractivity (Wildman–Crippen MR) is 124 cm³/mol. The van der Waals surface area contributed by atoms with Gasteiger partial charge in [-0.1, -0.05) is 18.9 Å². The Morgan fingerprint density at radius 3 is 2.52 bits per heavy atom. The Bertz CT molecular complexity index is 817. The van der Waals surface area contributed by atoms with Crippen LogP contribution in [0.2, 0.25) is 0 Å². The van der Waals surface area contributed by atoms with Crippen molar-refractivity contribution in [2.24, 2.45) is 12.0 Å². The van der Waals surface area contributed by atoms with Crippen LogP contribution in [0.25, 0.3) is 0 Å². The van der Waals surface area contributed by atoms with E-state index in [1.165, 1.54) is 25.7 Å². The molecular weight excluding hydrogens is 483 g/mol. The van der Waals surface area contributed by atoms with Gasteiger partial charge in [-0.15, -0.1) is 34.2 Å². The van der Waals surface area contributed by atoms with Gasteiger partial charge in [0.15, 0.2) is 23.3 Å². The molecule has 3 rings (SSSR count). The maximum absolute atomic E-state index is 5.39. The van der Waals surface area contributed by atoms with Gasteiger partial charge in [-0.2, -0.15) is 0 Å². The summed E-state index contributed by atoms with van der Waals surface area (Å²) in [7, 11) is 5.25. The number of benzene rings is 1. The molecular formula is C20H31IN6O2. The number of aliphatic imine (C=N–C) groups is 1. The van der Waals surface area contributed by atoms with Gasteiger partial charge >= 0.3 is 0 Å². The van der Waals surface area contributed by atoms with Gasteiger partial charge in [0.05, 0.1) is 27.3 Å². The molecule has 1 aliphatic rings. The molecule has 0 spiro atoms. The third-order valence-electron chi connectivity index (χ3n) is 5.16. The first kappa shape index (κ1) is 23.2. The van der Waals surface area contributed by atoms with Crippen molar-refractivity contribution in [3.05, 3.63) is 35.4 Å². The second kappa shape index (κ2) is 11.2. The third-order valence-corrected chi connectivity index (χ3v) is 5.16. The van der Waals surface area contributed by atoms with E-state index in [1.807, 2.05) is 36.7 Å². The molecule has 0 atom stereocenters. The normalized spacial score (nSPS) is 14.4. The first-order valence-corrected chi connectivity index (χ1v) is 9.71. The highest BCUT2D eigenvalue weighted by atomic mass is 127. The molecule has 160 valence electrons. The van der Waals surface area contributed by atoms with Crippen molar-refractivity contribution in [3.63, 3.8) is 0 Å². The molecule has 1 aromatic heterocycles. The smallest absolute Gasteiger partial charge is 0.192 e. The van der Waals surface area contributed by atoms with Gasteiger partial charge in [0, 0.05) is 13.1 Å². The van der Waals surface area contributed by atoms with Crippen molar-refractivity contribution in [2.45, 2.75) is 51.7 Å². The average molecular weight is 514 g/mol. The van der Waals surface area contributed by atoms with Crippen LogP contribution in [-0.2, 0) is 20.1 Å². The number of halogens is 1. The van der Waals surface area contributed by atoms with Gasteiger partial charge in [-0.05, 0) is 37.5 Å². The Balaban J connectivity index is 0.00000300. The molecule has 0 saturated heterocycles. The fraction of sp³-hybridized carbons (Fsp3) is 0.550. The molecule has 0 amide bonds. The van der Waals surface area contributed by atoms with Gasteiger partial charge in [0.25, 0.3) is 0 Å². The average Bonchev–Trinajstić information content (AvgIpc) is 3.34. The number of aryl methyl sites for hydroxylation is 1. The van der Waals surface area contributed by atoms with Crippen LogP contribution in [0, 0.1) is 6.92 Å². The van der Waals surface area contributed by atoms with Crippen molar-refractivity contribution >= 4 is 29.9 Å². The summed E-state index contributed by atoms with van der Waals surface area (Å²) in [4.78, 5) is 4.78. The van der Waals surface area contributed by atoms with Crippen LogP contribution in [0.5, 0.6) is 11.5 Å². The molecule has 0 aliphatic heterocycles. The monoisotopic (exact) mass is 514 g/mol. The topological polar surface area (TPSA) is 85.6 Å². The molecule has 1 heterocycles. The number of hydrogen-bond donors (Lipinski definition) is 2. The summed E-state index contributed by atoms with van der Waals surface area (Å²) in [5, 5.41) is 15.3. The molecule has 1 aliphatic carbocycles. The fourth-order valence-electron chi connectivity index (χ4n) is 3.33. The van der Waals surface area contributed by atoms with Gasteiger partial charge in [-0.3, -0.25) is 0 Å². The molecule has 29 heavy (non-hydrogen) atoms. The van der Waals surface area contributed by atoms with E-state index in [-0.39, 0.29) is 24.0 Å². The van der Waals surface area contributed by atoms with Crippen molar-refractivity contribution in [1.82, 2.24) is 25.4 Å². The number of rotatable bonds is 7. The van der Waals surface area contributed by atoms with Crippen LogP contribution in [0.4, 0.5) is 0 Å². The highest BCUT2D eigenvalue weighted by molar-refractivity contribution is 14.0. The van der Waals surface area contributed by atoms with Crippen molar-refractivity contribution in [1.29, 1.82) is 0 Å². The Kier molecular flexibility index (Phi) is 8.99. The third kappa shape index (κ3) is 6.22. The van der Waals surface area contributed by atoms with Gasteiger partial charge in [-0.25, -0.2) is 4.99 Å². The van der Waals surface area contributed by atoms with E-state index in [0.29, 0.717) is 24.9 Å². The van der Waals surface area contributed by atoms with E-state index in [4.69, 9.17) is 14.5 Å². The lowest BCUT2D eigenvalue weighted by Gasteiger charge is -2.17. The molecule has 9 heteroatoms. The minimum absolute atomic E-state index is 0.